The monoisotopic (exact) mass is 545 g/mol. The Morgan fingerprint density at radius 1 is 1.16 bits per heavy atom. The maximum Gasteiger partial charge on any atom is 0.341 e. The average Bonchev–Trinajstić information content (AvgIpc) is 3.13. The second-order valence-electron chi connectivity index (χ2n) is 7.82. The number of esters is 1. The first kappa shape index (κ1) is 27.8. The van der Waals surface area contributed by atoms with E-state index in [1.165, 1.54) is 60.7 Å². The second kappa shape index (κ2) is 12.5. The second-order valence-corrected chi connectivity index (χ2v) is 9.45. The fraction of sp³-hybridized carbons (Fsp3) is 0.231. The third-order valence-electron chi connectivity index (χ3n) is 5.26. The lowest BCUT2D eigenvalue weighted by atomic mass is 10.1. The molecule has 0 aliphatic heterocycles. The Kier molecular flexibility index (Phi) is 9.37. The number of ether oxygens (including phenoxy) is 2. The molecule has 0 unspecified atom stereocenters. The Hall–Kier alpha value is -3.76. The van der Waals surface area contributed by atoms with E-state index >= 15 is 0 Å². The van der Waals surface area contributed by atoms with Gasteiger partial charge in [0.1, 0.15) is 16.6 Å². The van der Waals surface area contributed by atoms with Crippen LogP contribution in [0.25, 0.3) is 0 Å². The fourth-order valence-electron chi connectivity index (χ4n) is 3.17. The van der Waals surface area contributed by atoms with Gasteiger partial charge in [-0.05, 0) is 69.7 Å². The Morgan fingerprint density at radius 2 is 1.86 bits per heavy atom. The summed E-state index contributed by atoms with van der Waals surface area (Å²) in [7, 11) is 0. The highest BCUT2D eigenvalue weighted by atomic mass is 35.5. The van der Waals surface area contributed by atoms with Crippen molar-refractivity contribution in [3.63, 3.8) is 0 Å². The van der Waals surface area contributed by atoms with E-state index in [4.69, 9.17) is 21.1 Å². The molecule has 0 aliphatic carbocycles. The van der Waals surface area contributed by atoms with Crippen LogP contribution in [0.1, 0.15) is 50.6 Å². The van der Waals surface area contributed by atoms with Gasteiger partial charge >= 0.3 is 5.97 Å². The molecule has 0 spiro atoms. The maximum atomic E-state index is 13.8. The number of nitrogens with zero attached hydrogens (tertiary/aromatic N) is 1. The summed E-state index contributed by atoms with van der Waals surface area (Å²) in [5, 5.41) is 7.08. The van der Waals surface area contributed by atoms with Crippen LogP contribution in [0.3, 0.4) is 0 Å². The Balaban J connectivity index is 1.60. The van der Waals surface area contributed by atoms with E-state index < -0.39 is 29.7 Å². The summed E-state index contributed by atoms with van der Waals surface area (Å²) < 4.78 is 24.5. The molecule has 2 N–H and O–H groups in total. The van der Waals surface area contributed by atoms with Gasteiger partial charge in [-0.25, -0.2) is 14.6 Å². The third kappa shape index (κ3) is 6.93. The number of nitrogens with one attached hydrogen (secondary N) is 2. The van der Waals surface area contributed by atoms with Crippen LogP contribution >= 0.6 is 22.9 Å². The van der Waals surface area contributed by atoms with Gasteiger partial charge < -0.3 is 14.8 Å². The number of benzene rings is 2. The molecule has 0 aliphatic rings. The number of hydrogen-bond acceptors (Lipinski definition) is 7. The zero-order valence-electron chi connectivity index (χ0n) is 20.6. The number of hydrazone groups is 1. The van der Waals surface area contributed by atoms with Crippen molar-refractivity contribution in [3.05, 3.63) is 80.4 Å². The number of carbonyl (C=O) groups is 3. The number of halogens is 2. The highest BCUT2D eigenvalue weighted by Crippen LogP contribution is 2.33. The minimum atomic E-state index is -0.933. The minimum absolute atomic E-state index is 0.0501. The smallest absolute Gasteiger partial charge is 0.341 e. The van der Waals surface area contributed by atoms with Gasteiger partial charge in [-0.15, -0.1) is 11.3 Å². The first-order valence-corrected chi connectivity index (χ1v) is 12.4. The summed E-state index contributed by atoms with van der Waals surface area (Å²) in [4.78, 5) is 38.3. The van der Waals surface area contributed by atoms with Crippen molar-refractivity contribution in [2.75, 3.05) is 11.9 Å². The summed E-state index contributed by atoms with van der Waals surface area (Å²) >= 11 is 7.22. The van der Waals surface area contributed by atoms with Gasteiger partial charge in [-0.1, -0.05) is 17.7 Å². The van der Waals surface area contributed by atoms with Gasteiger partial charge in [0.25, 0.3) is 11.8 Å². The predicted octanol–water partition coefficient (Wildman–Crippen LogP) is 5.50. The SMILES string of the molecule is CCOC(=O)c1c(NC(=O)c2ccc(O[C@@H](C)C(=O)N/N=C\c3c(F)cccc3Cl)cc2)sc(C)c1C. The first-order valence-electron chi connectivity index (χ1n) is 11.2. The molecule has 8 nitrogen and oxygen atoms in total. The van der Waals surface area contributed by atoms with Crippen molar-refractivity contribution < 1.29 is 28.2 Å². The maximum absolute atomic E-state index is 13.8. The van der Waals surface area contributed by atoms with Crippen LogP contribution in [0.15, 0.2) is 47.6 Å². The molecule has 37 heavy (non-hydrogen) atoms. The molecule has 3 aromatic rings. The Bertz CT molecular complexity index is 1320. The first-order chi connectivity index (χ1) is 17.6. The minimum Gasteiger partial charge on any atom is -0.481 e. The Labute approximate surface area is 222 Å². The fourth-order valence-corrected chi connectivity index (χ4v) is 4.42. The molecule has 1 atom stereocenters. The highest BCUT2D eigenvalue weighted by molar-refractivity contribution is 7.16. The number of anilines is 1. The molecule has 0 saturated carbocycles. The molecule has 1 heterocycles. The van der Waals surface area contributed by atoms with Crippen LogP contribution in [0, 0.1) is 19.7 Å². The normalized spacial score (nSPS) is 11.7. The zero-order valence-corrected chi connectivity index (χ0v) is 22.1. The van der Waals surface area contributed by atoms with Crippen molar-refractivity contribution in [3.8, 4) is 5.75 Å². The molecule has 2 amide bonds. The number of rotatable bonds is 9. The predicted molar refractivity (Wildman–Crippen MR) is 141 cm³/mol. The summed E-state index contributed by atoms with van der Waals surface area (Å²) in [5.74, 6) is -1.70. The summed E-state index contributed by atoms with van der Waals surface area (Å²) in [6.45, 7) is 7.12. The summed E-state index contributed by atoms with van der Waals surface area (Å²) in [5.41, 5.74) is 3.76. The van der Waals surface area contributed by atoms with E-state index in [9.17, 15) is 18.8 Å². The summed E-state index contributed by atoms with van der Waals surface area (Å²) in [6, 6.07) is 10.3. The zero-order chi connectivity index (χ0) is 27.1. The van der Waals surface area contributed by atoms with Crippen LogP contribution < -0.4 is 15.5 Å². The van der Waals surface area contributed by atoms with E-state index in [0.717, 1.165) is 16.7 Å². The standard InChI is InChI=1S/C26H25ClFN3O5S/c1-5-35-26(34)22-14(2)16(4)37-25(22)30-24(33)17-9-11-18(12-10-17)36-15(3)23(32)31-29-13-19-20(27)7-6-8-21(19)28/h6-13,15H,5H2,1-4H3,(H,30,33)(H,31,32)/b29-13-/t15-/m0/s1. The van der Waals surface area contributed by atoms with Gasteiger partial charge in [-0.2, -0.15) is 5.10 Å². The molecular formula is C26H25ClFN3O5S. The van der Waals surface area contributed by atoms with Crippen molar-refractivity contribution in [1.82, 2.24) is 5.43 Å². The molecule has 0 saturated heterocycles. The van der Waals surface area contributed by atoms with Gasteiger partial charge in [0.2, 0.25) is 0 Å². The van der Waals surface area contributed by atoms with E-state index in [0.29, 0.717) is 21.9 Å². The van der Waals surface area contributed by atoms with E-state index in [1.807, 2.05) is 6.92 Å². The average molecular weight is 546 g/mol. The van der Waals surface area contributed by atoms with Crippen molar-refractivity contribution >= 4 is 51.9 Å². The molecule has 2 aromatic carbocycles. The van der Waals surface area contributed by atoms with Gasteiger partial charge in [-0.3, -0.25) is 9.59 Å². The number of thiophene rings is 1. The largest absolute Gasteiger partial charge is 0.481 e. The van der Waals surface area contributed by atoms with Crippen LogP contribution in [-0.2, 0) is 9.53 Å². The molecule has 0 fully saturated rings. The highest BCUT2D eigenvalue weighted by Gasteiger charge is 2.22. The van der Waals surface area contributed by atoms with Crippen LogP contribution in [0.4, 0.5) is 9.39 Å². The van der Waals surface area contributed by atoms with Gasteiger partial charge in [0, 0.05) is 16.0 Å². The van der Waals surface area contributed by atoms with Crippen molar-refractivity contribution in [2.24, 2.45) is 5.10 Å². The molecule has 0 radical (unpaired) electrons. The van der Waals surface area contributed by atoms with E-state index in [-0.39, 0.29) is 17.2 Å². The quantitative estimate of drug-likeness (QED) is 0.210. The summed E-state index contributed by atoms with van der Waals surface area (Å²) in [6.07, 6.45) is 0.178. The van der Waals surface area contributed by atoms with E-state index in [2.05, 4.69) is 15.8 Å². The van der Waals surface area contributed by atoms with E-state index in [1.54, 1.807) is 13.8 Å². The molecule has 1 aromatic heterocycles. The van der Waals surface area contributed by atoms with Crippen LogP contribution in [-0.4, -0.2) is 36.7 Å². The molecule has 3 rings (SSSR count). The molecule has 0 bridgehead atoms. The molecule has 11 heteroatoms. The number of aryl methyl sites for hydroxylation is 1. The molecule has 194 valence electrons. The lowest BCUT2D eigenvalue weighted by molar-refractivity contribution is -0.127. The topological polar surface area (TPSA) is 106 Å². The molecular weight excluding hydrogens is 521 g/mol. The van der Waals surface area contributed by atoms with Crippen molar-refractivity contribution in [1.29, 1.82) is 0 Å². The van der Waals surface area contributed by atoms with Gasteiger partial charge in [0.15, 0.2) is 6.10 Å². The lowest BCUT2D eigenvalue weighted by Crippen LogP contribution is -2.33. The number of amides is 2. The lowest BCUT2D eigenvalue weighted by Gasteiger charge is -2.13. The van der Waals surface area contributed by atoms with Crippen molar-refractivity contribution in [2.45, 2.75) is 33.8 Å². The van der Waals surface area contributed by atoms with Crippen LogP contribution in [0.5, 0.6) is 5.75 Å². The Morgan fingerprint density at radius 3 is 2.51 bits per heavy atom. The third-order valence-corrected chi connectivity index (χ3v) is 6.71. The van der Waals surface area contributed by atoms with Crippen LogP contribution in [0.2, 0.25) is 5.02 Å². The number of carbonyl (C=O) groups excluding carboxylic acids is 3. The van der Waals surface area contributed by atoms with Gasteiger partial charge in [0.05, 0.1) is 23.4 Å². The number of hydrogen-bond donors (Lipinski definition) is 2.